The van der Waals surface area contributed by atoms with Gasteiger partial charge in [-0.25, -0.2) is 4.39 Å². The molecule has 2 heterocycles. The van der Waals surface area contributed by atoms with Crippen molar-refractivity contribution in [1.82, 2.24) is 20.4 Å². The number of likely N-dealkylation sites (tertiary alicyclic amines) is 1. The Kier molecular flexibility index (Phi) is 10.2. The highest BCUT2D eigenvalue weighted by Crippen LogP contribution is 2.28. The summed E-state index contributed by atoms with van der Waals surface area (Å²) in [6.45, 7) is 5.15. The minimum absolute atomic E-state index is 0. The molecule has 9 heteroatoms. The molecule has 2 atom stereocenters. The molecule has 2 N–H and O–H groups in total. The van der Waals surface area contributed by atoms with E-state index in [0.29, 0.717) is 25.7 Å². The van der Waals surface area contributed by atoms with E-state index in [1.807, 2.05) is 11.0 Å². The van der Waals surface area contributed by atoms with Crippen molar-refractivity contribution in [1.29, 1.82) is 0 Å². The quantitative estimate of drug-likeness (QED) is 0.312. The maximum atomic E-state index is 13.9. The third-order valence-electron chi connectivity index (χ3n) is 6.95. The van der Waals surface area contributed by atoms with Crippen LogP contribution >= 0.6 is 24.0 Å². The largest absolute Gasteiger partial charge is 0.379 e. The van der Waals surface area contributed by atoms with E-state index >= 15 is 0 Å². The summed E-state index contributed by atoms with van der Waals surface area (Å²) in [6, 6.07) is 7.05. The van der Waals surface area contributed by atoms with Gasteiger partial charge in [-0.05, 0) is 37.0 Å². The molecule has 7 nitrogen and oxygen atoms in total. The van der Waals surface area contributed by atoms with Crippen molar-refractivity contribution in [3.63, 3.8) is 0 Å². The normalized spacial score (nSPS) is 23.3. The van der Waals surface area contributed by atoms with E-state index in [4.69, 9.17) is 4.74 Å². The highest BCUT2D eigenvalue weighted by Gasteiger charge is 2.32. The number of hydrogen-bond donors (Lipinski definition) is 2. The Bertz CT molecular complexity index is 799. The second-order valence-electron chi connectivity index (χ2n) is 9.07. The number of nitrogens with one attached hydrogen (secondary N) is 2. The lowest BCUT2D eigenvalue weighted by Gasteiger charge is -2.35. The van der Waals surface area contributed by atoms with Crippen LogP contribution in [0.2, 0.25) is 0 Å². The molecule has 1 aromatic carbocycles. The zero-order valence-electron chi connectivity index (χ0n) is 19.5. The fourth-order valence-corrected chi connectivity index (χ4v) is 5.15. The van der Waals surface area contributed by atoms with Crippen molar-refractivity contribution < 1.29 is 13.9 Å². The molecule has 0 bridgehead atoms. The third kappa shape index (κ3) is 7.02. The van der Waals surface area contributed by atoms with Crippen LogP contribution in [-0.4, -0.2) is 80.7 Å². The Morgan fingerprint density at radius 2 is 1.97 bits per heavy atom. The third-order valence-corrected chi connectivity index (χ3v) is 6.95. The lowest BCUT2D eigenvalue weighted by atomic mass is 10.0. The van der Waals surface area contributed by atoms with E-state index in [1.54, 1.807) is 19.2 Å². The zero-order valence-corrected chi connectivity index (χ0v) is 21.8. The first kappa shape index (κ1) is 26.2. The molecule has 0 spiro atoms. The van der Waals surface area contributed by atoms with E-state index < -0.39 is 0 Å². The van der Waals surface area contributed by atoms with Gasteiger partial charge in [0.25, 0.3) is 0 Å². The summed E-state index contributed by atoms with van der Waals surface area (Å²) in [5.41, 5.74) is 0.948. The fraction of sp³-hybridized carbons (Fsp3) is 0.667. The molecule has 33 heavy (non-hydrogen) atoms. The number of guanidine groups is 1. The summed E-state index contributed by atoms with van der Waals surface area (Å²) < 4.78 is 19.4. The molecule has 1 saturated carbocycles. The van der Waals surface area contributed by atoms with Gasteiger partial charge in [-0.3, -0.25) is 14.7 Å². The van der Waals surface area contributed by atoms with Crippen molar-refractivity contribution >= 4 is 35.8 Å². The number of aliphatic imine (C=N–C) groups is 1. The van der Waals surface area contributed by atoms with Crippen LogP contribution in [0.5, 0.6) is 0 Å². The molecule has 1 amide bonds. The summed E-state index contributed by atoms with van der Waals surface area (Å²) in [7, 11) is 1.76. The highest BCUT2D eigenvalue weighted by atomic mass is 127. The second kappa shape index (κ2) is 12.9. The number of halogens is 2. The van der Waals surface area contributed by atoms with Crippen LogP contribution in [0, 0.1) is 11.7 Å². The van der Waals surface area contributed by atoms with Gasteiger partial charge < -0.3 is 20.3 Å². The number of ether oxygens (including phenoxy) is 1. The SMILES string of the molecule is CN=C(NCC(c1cccc(F)c1)N1CCOCC1)NC1CCN(C(=O)C2CCCC2)C1.I. The molecule has 3 fully saturated rings. The minimum atomic E-state index is -0.221. The Morgan fingerprint density at radius 1 is 1.21 bits per heavy atom. The molecule has 1 aromatic rings. The molecular formula is C24H37FIN5O2. The Morgan fingerprint density at radius 3 is 2.67 bits per heavy atom. The van der Waals surface area contributed by atoms with Crippen molar-refractivity contribution in [2.24, 2.45) is 10.9 Å². The number of hydrogen-bond acceptors (Lipinski definition) is 4. The maximum absolute atomic E-state index is 13.9. The lowest BCUT2D eigenvalue weighted by molar-refractivity contribution is -0.134. The first-order valence-corrected chi connectivity index (χ1v) is 12.0. The molecule has 2 saturated heterocycles. The zero-order chi connectivity index (χ0) is 22.3. The van der Waals surface area contributed by atoms with Crippen molar-refractivity contribution in [3.05, 3.63) is 35.6 Å². The number of nitrogens with zero attached hydrogens (tertiary/aromatic N) is 3. The summed E-state index contributed by atoms with van der Waals surface area (Å²) in [4.78, 5) is 21.5. The van der Waals surface area contributed by atoms with Gasteiger partial charge in [-0.1, -0.05) is 25.0 Å². The van der Waals surface area contributed by atoms with E-state index in [0.717, 1.165) is 57.0 Å². The lowest BCUT2D eigenvalue weighted by Crippen LogP contribution is -2.49. The van der Waals surface area contributed by atoms with Crippen LogP contribution in [0.15, 0.2) is 29.3 Å². The van der Waals surface area contributed by atoms with Gasteiger partial charge in [0.05, 0.1) is 19.3 Å². The number of benzene rings is 1. The first-order valence-electron chi connectivity index (χ1n) is 12.0. The van der Waals surface area contributed by atoms with E-state index in [-0.39, 0.29) is 47.8 Å². The van der Waals surface area contributed by atoms with Gasteiger partial charge in [0.1, 0.15) is 5.82 Å². The summed E-state index contributed by atoms with van der Waals surface area (Å²) in [6.07, 6.45) is 5.37. The smallest absolute Gasteiger partial charge is 0.225 e. The molecular weight excluding hydrogens is 536 g/mol. The summed E-state index contributed by atoms with van der Waals surface area (Å²) >= 11 is 0. The number of carbonyl (C=O) groups is 1. The van der Waals surface area contributed by atoms with Crippen LogP contribution in [0.4, 0.5) is 4.39 Å². The standard InChI is InChI=1S/C24H36FN5O2.HI/c1-26-24(28-21-9-10-30(17-21)23(31)18-5-2-3-6-18)27-16-22(29-11-13-32-14-12-29)19-7-4-8-20(25)15-19;/h4,7-8,15,18,21-22H,2-3,5-6,9-14,16-17H2,1H3,(H2,26,27,28);1H. The first-order chi connectivity index (χ1) is 15.6. The van der Waals surface area contributed by atoms with Crippen LogP contribution < -0.4 is 10.6 Å². The van der Waals surface area contributed by atoms with Gasteiger partial charge in [-0.15, -0.1) is 24.0 Å². The van der Waals surface area contributed by atoms with Gasteiger partial charge >= 0.3 is 0 Å². The predicted molar refractivity (Wildman–Crippen MR) is 138 cm³/mol. The number of carbonyl (C=O) groups excluding carboxylic acids is 1. The number of rotatable bonds is 6. The Labute approximate surface area is 213 Å². The molecule has 3 aliphatic rings. The fourth-order valence-electron chi connectivity index (χ4n) is 5.15. The van der Waals surface area contributed by atoms with Crippen LogP contribution in [0.1, 0.15) is 43.7 Å². The van der Waals surface area contributed by atoms with Gasteiger partial charge in [-0.2, -0.15) is 0 Å². The molecule has 0 aromatic heterocycles. The van der Waals surface area contributed by atoms with Crippen LogP contribution in [0.3, 0.4) is 0 Å². The van der Waals surface area contributed by atoms with E-state index in [1.165, 1.54) is 18.9 Å². The molecule has 184 valence electrons. The molecule has 0 radical (unpaired) electrons. The average Bonchev–Trinajstić information content (AvgIpc) is 3.51. The van der Waals surface area contributed by atoms with Crippen molar-refractivity contribution in [2.75, 3.05) is 53.0 Å². The second-order valence-corrected chi connectivity index (χ2v) is 9.07. The Hall–Kier alpha value is -1.46. The topological polar surface area (TPSA) is 69.2 Å². The Balaban J connectivity index is 0.00000306. The maximum Gasteiger partial charge on any atom is 0.225 e. The summed E-state index contributed by atoms with van der Waals surface area (Å²) in [5.74, 6) is 1.06. The molecule has 1 aliphatic carbocycles. The van der Waals surface area contributed by atoms with Gasteiger partial charge in [0.15, 0.2) is 5.96 Å². The van der Waals surface area contributed by atoms with E-state index in [2.05, 4.69) is 20.5 Å². The van der Waals surface area contributed by atoms with Crippen molar-refractivity contribution in [2.45, 2.75) is 44.2 Å². The summed E-state index contributed by atoms with van der Waals surface area (Å²) in [5, 5.41) is 6.93. The average molecular weight is 573 g/mol. The van der Waals surface area contributed by atoms with Crippen LogP contribution in [-0.2, 0) is 9.53 Å². The van der Waals surface area contributed by atoms with Gasteiger partial charge in [0, 0.05) is 51.7 Å². The number of amides is 1. The highest BCUT2D eigenvalue weighted by molar-refractivity contribution is 14.0. The predicted octanol–water partition coefficient (Wildman–Crippen LogP) is 2.77. The van der Waals surface area contributed by atoms with Crippen LogP contribution in [0.25, 0.3) is 0 Å². The molecule has 2 unspecified atom stereocenters. The molecule has 4 rings (SSSR count). The monoisotopic (exact) mass is 573 g/mol. The van der Waals surface area contributed by atoms with Crippen molar-refractivity contribution in [3.8, 4) is 0 Å². The van der Waals surface area contributed by atoms with Gasteiger partial charge in [0.2, 0.25) is 5.91 Å². The molecule has 2 aliphatic heterocycles. The van der Waals surface area contributed by atoms with E-state index in [9.17, 15) is 9.18 Å². The minimum Gasteiger partial charge on any atom is -0.379 e. The number of morpholine rings is 1.